The number of aliphatic hydroxyl groups is 1. The van der Waals surface area contributed by atoms with E-state index < -0.39 is 8.32 Å². The topological polar surface area (TPSA) is 46.5 Å². The Bertz CT molecular complexity index is 329. The van der Waals surface area contributed by atoms with E-state index in [4.69, 9.17) is 9.53 Å². The molecule has 0 aromatic carbocycles. The minimum absolute atomic E-state index is 0.0320. The highest BCUT2D eigenvalue weighted by Crippen LogP contribution is 2.38. The summed E-state index contributed by atoms with van der Waals surface area (Å²) in [6, 6.07) is 0. The van der Waals surface area contributed by atoms with Crippen molar-refractivity contribution in [3.8, 4) is 0 Å². The molecule has 1 N–H and O–H groups in total. The van der Waals surface area contributed by atoms with Gasteiger partial charge in [-0.1, -0.05) is 39.3 Å². The first kappa shape index (κ1) is 19.5. The summed E-state index contributed by atoms with van der Waals surface area (Å²) in [7, 11) is -1.87. The number of carbonyl (C=O) groups excluding carboxylic acids is 1. The van der Waals surface area contributed by atoms with E-state index in [1.165, 1.54) is 0 Å². The third-order valence-corrected chi connectivity index (χ3v) is 8.82. The maximum atomic E-state index is 11.1. The lowest BCUT2D eigenvalue weighted by Gasteiger charge is -2.40. The molecule has 2 atom stereocenters. The fourth-order valence-electron chi connectivity index (χ4n) is 1.70. The summed E-state index contributed by atoms with van der Waals surface area (Å²) < 4.78 is 6.40. The second-order valence-corrected chi connectivity index (χ2v) is 11.9. The molecule has 0 heterocycles. The summed E-state index contributed by atoms with van der Waals surface area (Å²) in [6.45, 7) is 15.1. The Morgan fingerprint density at radius 3 is 2.30 bits per heavy atom. The van der Waals surface area contributed by atoms with Gasteiger partial charge in [-0.3, -0.25) is 0 Å². The first-order valence-electron chi connectivity index (χ1n) is 7.44. The number of hydrogen-bond acceptors (Lipinski definition) is 3. The smallest absolute Gasteiger partial charge is 0.192 e. The summed E-state index contributed by atoms with van der Waals surface area (Å²) in [5, 5.41) is 9.04. The van der Waals surface area contributed by atoms with Gasteiger partial charge in [0.05, 0.1) is 12.7 Å². The number of rotatable bonds is 8. The van der Waals surface area contributed by atoms with Crippen molar-refractivity contribution >= 4 is 14.6 Å². The molecule has 0 aliphatic carbocycles. The summed E-state index contributed by atoms with van der Waals surface area (Å²) in [5.74, 6) is -0.0916. The molecule has 4 heteroatoms. The quantitative estimate of drug-likeness (QED) is 0.420. The molecule has 0 spiro atoms. The lowest BCUT2D eigenvalue weighted by atomic mass is 9.99. The monoisotopic (exact) mass is 300 g/mol. The van der Waals surface area contributed by atoms with Gasteiger partial charge in [0.1, 0.15) is 6.29 Å². The molecule has 0 fully saturated rings. The van der Waals surface area contributed by atoms with Crippen molar-refractivity contribution in [3.63, 3.8) is 0 Å². The Kier molecular flexibility index (Phi) is 7.92. The molecule has 0 aromatic rings. The number of aliphatic hydroxyl groups excluding tert-OH is 1. The summed E-state index contributed by atoms with van der Waals surface area (Å²) >= 11 is 0. The van der Waals surface area contributed by atoms with Crippen LogP contribution in [0.1, 0.15) is 47.5 Å². The highest BCUT2D eigenvalue weighted by Gasteiger charge is 2.39. The molecule has 0 bridgehead atoms. The highest BCUT2D eigenvalue weighted by molar-refractivity contribution is 6.74. The molecular formula is C16H32O3Si. The fraction of sp³-hybridized carbons (Fsp3) is 0.812. The Hall–Kier alpha value is -0.453. The highest BCUT2D eigenvalue weighted by atomic mass is 28.4. The zero-order chi connectivity index (χ0) is 16.0. The fourth-order valence-corrected chi connectivity index (χ4v) is 3.14. The molecule has 0 aliphatic heterocycles. The van der Waals surface area contributed by atoms with Gasteiger partial charge in [-0.2, -0.15) is 0 Å². The van der Waals surface area contributed by atoms with Crippen molar-refractivity contribution in [2.45, 2.75) is 71.7 Å². The third-order valence-electron chi connectivity index (χ3n) is 4.32. The molecule has 0 saturated heterocycles. The van der Waals surface area contributed by atoms with Crippen molar-refractivity contribution < 1.29 is 14.3 Å². The Morgan fingerprint density at radius 2 is 1.90 bits per heavy atom. The van der Waals surface area contributed by atoms with Crippen LogP contribution in [0.25, 0.3) is 0 Å². The predicted octanol–water partition coefficient (Wildman–Crippen LogP) is 3.93. The van der Waals surface area contributed by atoms with Crippen molar-refractivity contribution in [1.82, 2.24) is 0 Å². The Labute approximate surface area is 125 Å². The van der Waals surface area contributed by atoms with Crippen molar-refractivity contribution in [2.75, 3.05) is 6.61 Å². The standard InChI is InChI=1S/C16H32O3Si/c1-13(10-11-17)8-9-15(14(2)12-18)19-20(6,7)16(3,4)5/h10,12,14-15,17H,8-9,11H2,1-7H3/b13-10-/t14-,15-/m0/s1. The molecule has 0 saturated carbocycles. The van der Waals surface area contributed by atoms with Gasteiger partial charge in [0.2, 0.25) is 0 Å². The van der Waals surface area contributed by atoms with Gasteiger partial charge < -0.3 is 14.3 Å². The number of aldehydes is 1. The second-order valence-electron chi connectivity index (χ2n) is 7.18. The van der Waals surface area contributed by atoms with E-state index in [9.17, 15) is 4.79 Å². The maximum absolute atomic E-state index is 11.1. The van der Waals surface area contributed by atoms with Gasteiger partial charge in [-0.05, 0) is 37.9 Å². The molecule has 0 amide bonds. The lowest BCUT2D eigenvalue weighted by Crippen LogP contribution is -2.45. The Balaban J connectivity index is 4.83. The average molecular weight is 301 g/mol. The van der Waals surface area contributed by atoms with Gasteiger partial charge in [0, 0.05) is 5.92 Å². The summed E-state index contributed by atoms with van der Waals surface area (Å²) in [6.07, 6.45) is 4.46. The van der Waals surface area contributed by atoms with E-state index >= 15 is 0 Å². The normalized spacial score (nSPS) is 16.9. The molecule has 0 aromatic heterocycles. The third kappa shape index (κ3) is 6.33. The van der Waals surface area contributed by atoms with Crippen LogP contribution in [0.4, 0.5) is 0 Å². The number of hydrogen-bond donors (Lipinski definition) is 1. The minimum Gasteiger partial charge on any atom is -0.413 e. The zero-order valence-corrected chi connectivity index (χ0v) is 15.2. The second kappa shape index (κ2) is 8.10. The van der Waals surface area contributed by atoms with Gasteiger partial charge >= 0.3 is 0 Å². The maximum Gasteiger partial charge on any atom is 0.192 e. The molecule has 20 heavy (non-hydrogen) atoms. The van der Waals surface area contributed by atoms with Crippen molar-refractivity contribution in [2.24, 2.45) is 5.92 Å². The Morgan fingerprint density at radius 1 is 1.35 bits per heavy atom. The molecule has 3 nitrogen and oxygen atoms in total. The predicted molar refractivity (Wildman–Crippen MR) is 87.4 cm³/mol. The first-order chi connectivity index (χ1) is 9.05. The summed E-state index contributed by atoms with van der Waals surface area (Å²) in [4.78, 5) is 11.1. The molecule has 118 valence electrons. The SMILES string of the molecule is C/C(=C/CO)CC[C@H](O[Si](C)(C)C(C)(C)C)[C@@H](C)C=O. The molecule has 0 aliphatic rings. The first-order valence-corrected chi connectivity index (χ1v) is 10.4. The van der Waals surface area contributed by atoms with Crippen molar-refractivity contribution in [3.05, 3.63) is 11.6 Å². The van der Waals surface area contributed by atoms with E-state index in [1.807, 2.05) is 19.9 Å². The molecule has 0 radical (unpaired) electrons. The van der Waals surface area contributed by atoms with Crippen LogP contribution in [0.3, 0.4) is 0 Å². The van der Waals surface area contributed by atoms with Gasteiger partial charge in [-0.25, -0.2) is 0 Å². The summed E-state index contributed by atoms with van der Waals surface area (Å²) in [5.41, 5.74) is 1.15. The van der Waals surface area contributed by atoms with Crippen LogP contribution in [-0.4, -0.2) is 32.4 Å². The van der Waals surface area contributed by atoms with Crippen LogP contribution in [0, 0.1) is 5.92 Å². The van der Waals surface area contributed by atoms with Crippen LogP contribution in [0.5, 0.6) is 0 Å². The van der Waals surface area contributed by atoms with Crippen molar-refractivity contribution in [1.29, 1.82) is 0 Å². The van der Waals surface area contributed by atoms with Crippen LogP contribution in [0.15, 0.2) is 11.6 Å². The number of carbonyl (C=O) groups is 1. The lowest BCUT2D eigenvalue weighted by molar-refractivity contribution is -0.113. The molecule has 0 rings (SSSR count). The van der Waals surface area contributed by atoms with Crippen LogP contribution in [-0.2, 0) is 9.22 Å². The van der Waals surface area contributed by atoms with E-state index in [2.05, 4.69) is 33.9 Å². The van der Waals surface area contributed by atoms with Crippen LogP contribution < -0.4 is 0 Å². The molecular weight excluding hydrogens is 268 g/mol. The average Bonchev–Trinajstić information content (AvgIpc) is 2.32. The van der Waals surface area contributed by atoms with E-state index in [-0.39, 0.29) is 23.7 Å². The van der Waals surface area contributed by atoms with E-state index in [0.717, 1.165) is 24.7 Å². The van der Waals surface area contributed by atoms with Crippen LogP contribution in [0.2, 0.25) is 18.1 Å². The zero-order valence-electron chi connectivity index (χ0n) is 14.2. The minimum atomic E-state index is -1.87. The van der Waals surface area contributed by atoms with E-state index in [1.54, 1.807) is 0 Å². The van der Waals surface area contributed by atoms with Gasteiger partial charge in [0.15, 0.2) is 8.32 Å². The molecule has 0 unspecified atom stereocenters. The number of allylic oxidation sites excluding steroid dienone is 1. The van der Waals surface area contributed by atoms with Gasteiger partial charge in [0.25, 0.3) is 0 Å². The van der Waals surface area contributed by atoms with Crippen LogP contribution >= 0.6 is 0 Å². The largest absolute Gasteiger partial charge is 0.413 e. The van der Waals surface area contributed by atoms with Gasteiger partial charge in [-0.15, -0.1) is 0 Å². The van der Waals surface area contributed by atoms with E-state index in [0.29, 0.717) is 0 Å².